The highest BCUT2D eigenvalue weighted by atomic mass is 15.1. The normalized spacial score (nSPS) is 14.3. The quantitative estimate of drug-likeness (QED) is 0.175. The van der Waals surface area contributed by atoms with E-state index in [0.717, 1.165) is 17.1 Å². The molecular formula is C52H41N. The van der Waals surface area contributed by atoms with Crippen molar-refractivity contribution < 1.29 is 0 Å². The summed E-state index contributed by atoms with van der Waals surface area (Å²) in [5, 5.41) is 2.50. The van der Waals surface area contributed by atoms with E-state index in [4.69, 9.17) is 0 Å². The van der Waals surface area contributed by atoms with Crippen LogP contribution in [-0.4, -0.2) is 0 Å². The third kappa shape index (κ3) is 4.70. The molecule has 0 saturated carbocycles. The Morgan fingerprint density at radius 3 is 1.72 bits per heavy atom. The Morgan fingerprint density at radius 1 is 0.358 bits per heavy atom. The van der Waals surface area contributed by atoms with Crippen LogP contribution in [-0.2, 0) is 10.8 Å². The van der Waals surface area contributed by atoms with Crippen LogP contribution in [0.3, 0.4) is 0 Å². The molecule has 8 aromatic carbocycles. The van der Waals surface area contributed by atoms with Gasteiger partial charge in [-0.1, -0.05) is 167 Å². The Balaban J connectivity index is 1.27. The van der Waals surface area contributed by atoms with Gasteiger partial charge in [-0.2, -0.15) is 0 Å². The predicted octanol–water partition coefficient (Wildman–Crippen LogP) is 14.3. The maximum absolute atomic E-state index is 2.48. The van der Waals surface area contributed by atoms with Crippen molar-refractivity contribution in [3.8, 4) is 44.5 Å². The van der Waals surface area contributed by atoms with E-state index in [1.807, 2.05) is 0 Å². The standard InChI is InChI=1S/C52H41N/c1-51(2)46-26-13-11-22-41(46)44-32-35(28-31-47(44)51)50-43(39-23-14-17-34-16-8-9-20-38(34)39)24-15-27-49(50)53(36-18-6-5-7-19-36)37-29-30-42-40-21-10-12-25-45(40)52(3,4)48(42)33-37/h5-33H,1-4H3. The molecule has 0 bridgehead atoms. The molecule has 0 fully saturated rings. The lowest BCUT2D eigenvalue weighted by atomic mass is 9.81. The first-order valence-electron chi connectivity index (χ1n) is 18.8. The summed E-state index contributed by atoms with van der Waals surface area (Å²) >= 11 is 0. The molecule has 10 rings (SSSR count). The molecule has 0 amide bonds. The number of nitrogens with zero attached hydrogens (tertiary/aromatic N) is 1. The van der Waals surface area contributed by atoms with Crippen LogP contribution < -0.4 is 4.90 Å². The summed E-state index contributed by atoms with van der Waals surface area (Å²) < 4.78 is 0. The van der Waals surface area contributed by atoms with Crippen molar-refractivity contribution in [2.24, 2.45) is 0 Å². The minimum absolute atomic E-state index is 0.0622. The number of fused-ring (bicyclic) bond motifs is 7. The highest BCUT2D eigenvalue weighted by molar-refractivity contribution is 6.05. The van der Waals surface area contributed by atoms with Crippen LogP contribution >= 0.6 is 0 Å². The number of benzene rings is 8. The summed E-state index contributed by atoms with van der Waals surface area (Å²) in [5.74, 6) is 0. The summed E-state index contributed by atoms with van der Waals surface area (Å²) in [5.41, 5.74) is 19.0. The van der Waals surface area contributed by atoms with Gasteiger partial charge >= 0.3 is 0 Å². The zero-order valence-electron chi connectivity index (χ0n) is 30.7. The fourth-order valence-corrected chi connectivity index (χ4v) is 9.43. The van der Waals surface area contributed by atoms with Gasteiger partial charge in [0.1, 0.15) is 0 Å². The SMILES string of the molecule is CC1(C)c2ccccc2-c2cc(-c3c(-c4cccc5ccccc45)cccc3N(c3ccccc3)c3ccc4c(c3)C(C)(C)c3ccccc3-4)ccc21. The van der Waals surface area contributed by atoms with E-state index < -0.39 is 0 Å². The van der Waals surface area contributed by atoms with Crippen LogP contribution in [0.2, 0.25) is 0 Å². The maximum atomic E-state index is 2.48. The van der Waals surface area contributed by atoms with E-state index in [2.05, 4.69) is 209 Å². The topological polar surface area (TPSA) is 3.24 Å². The van der Waals surface area contributed by atoms with Crippen molar-refractivity contribution >= 4 is 27.8 Å². The van der Waals surface area contributed by atoms with Gasteiger partial charge in [0, 0.05) is 27.8 Å². The monoisotopic (exact) mass is 679 g/mol. The second-order valence-corrected chi connectivity index (χ2v) is 15.7. The van der Waals surface area contributed by atoms with Crippen molar-refractivity contribution in [1.82, 2.24) is 0 Å². The first-order valence-corrected chi connectivity index (χ1v) is 18.8. The fourth-order valence-electron chi connectivity index (χ4n) is 9.43. The van der Waals surface area contributed by atoms with E-state index >= 15 is 0 Å². The Kier molecular flexibility index (Phi) is 6.94. The van der Waals surface area contributed by atoms with Gasteiger partial charge in [-0.15, -0.1) is 0 Å². The minimum atomic E-state index is -0.113. The lowest BCUT2D eigenvalue weighted by Gasteiger charge is -2.31. The third-order valence-corrected chi connectivity index (χ3v) is 12.1. The van der Waals surface area contributed by atoms with E-state index in [9.17, 15) is 0 Å². The Bertz CT molecular complexity index is 2730. The van der Waals surface area contributed by atoms with E-state index in [1.54, 1.807) is 0 Å². The second-order valence-electron chi connectivity index (χ2n) is 15.7. The summed E-state index contributed by atoms with van der Waals surface area (Å²) in [6.07, 6.45) is 0. The Hall–Kier alpha value is -6.18. The lowest BCUT2D eigenvalue weighted by molar-refractivity contribution is 0.660. The molecule has 2 aliphatic carbocycles. The lowest BCUT2D eigenvalue weighted by Crippen LogP contribution is -2.17. The maximum Gasteiger partial charge on any atom is 0.0546 e. The van der Waals surface area contributed by atoms with Gasteiger partial charge in [-0.3, -0.25) is 0 Å². The molecule has 0 radical (unpaired) electrons. The number of hydrogen-bond donors (Lipinski definition) is 0. The summed E-state index contributed by atoms with van der Waals surface area (Å²) in [6, 6.07) is 65.4. The van der Waals surface area contributed by atoms with Gasteiger partial charge in [-0.25, -0.2) is 0 Å². The zero-order valence-corrected chi connectivity index (χ0v) is 30.7. The van der Waals surface area contributed by atoms with Gasteiger partial charge in [0.2, 0.25) is 0 Å². The van der Waals surface area contributed by atoms with Gasteiger partial charge in [0.25, 0.3) is 0 Å². The molecule has 0 heterocycles. The molecule has 0 unspecified atom stereocenters. The molecule has 1 nitrogen and oxygen atoms in total. The number of para-hydroxylation sites is 1. The van der Waals surface area contributed by atoms with Crippen LogP contribution in [0, 0.1) is 0 Å². The highest BCUT2D eigenvalue weighted by Gasteiger charge is 2.37. The van der Waals surface area contributed by atoms with Gasteiger partial charge in [0.15, 0.2) is 0 Å². The summed E-state index contributed by atoms with van der Waals surface area (Å²) in [4.78, 5) is 2.48. The van der Waals surface area contributed by atoms with Crippen molar-refractivity contribution in [2.75, 3.05) is 4.90 Å². The third-order valence-electron chi connectivity index (χ3n) is 12.1. The molecule has 8 aromatic rings. The predicted molar refractivity (Wildman–Crippen MR) is 225 cm³/mol. The molecule has 0 atom stereocenters. The van der Waals surface area contributed by atoms with Gasteiger partial charge in [-0.05, 0) is 108 Å². The van der Waals surface area contributed by atoms with Crippen LogP contribution in [0.5, 0.6) is 0 Å². The molecule has 2 aliphatic rings. The highest BCUT2D eigenvalue weighted by Crippen LogP contribution is 2.54. The summed E-state index contributed by atoms with van der Waals surface area (Å²) in [7, 11) is 0. The first kappa shape index (κ1) is 31.5. The smallest absolute Gasteiger partial charge is 0.0546 e. The summed E-state index contributed by atoms with van der Waals surface area (Å²) in [6.45, 7) is 9.45. The molecule has 53 heavy (non-hydrogen) atoms. The number of anilines is 3. The fraction of sp³-hybridized carbons (Fsp3) is 0.115. The van der Waals surface area contributed by atoms with E-state index in [1.165, 1.54) is 77.5 Å². The average molecular weight is 680 g/mol. The number of hydrogen-bond acceptors (Lipinski definition) is 1. The Labute approximate surface area is 312 Å². The van der Waals surface area contributed by atoms with E-state index in [-0.39, 0.29) is 10.8 Å². The molecule has 1 heteroatoms. The average Bonchev–Trinajstić information content (AvgIpc) is 3.57. The van der Waals surface area contributed by atoms with Crippen LogP contribution in [0.15, 0.2) is 176 Å². The first-order chi connectivity index (χ1) is 25.8. The molecular weight excluding hydrogens is 639 g/mol. The molecule has 254 valence electrons. The molecule has 0 aromatic heterocycles. The largest absolute Gasteiger partial charge is 0.310 e. The molecule has 0 spiro atoms. The zero-order chi connectivity index (χ0) is 35.9. The van der Waals surface area contributed by atoms with Crippen molar-refractivity contribution in [3.63, 3.8) is 0 Å². The molecule has 0 saturated heterocycles. The molecule has 0 aliphatic heterocycles. The van der Waals surface area contributed by atoms with Crippen LogP contribution in [0.25, 0.3) is 55.3 Å². The van der Waals surface area contributed by atoms with Crippen molar-refractivity contribution in [1.29, 1.82) is 0 Å². The van der Waals surface area contributed by atoms with Crippen molar-refractivity contribution in [2.45, 2.75) is 38.5 Å². The van der Waals surface area contributed by atoms with Gasteiger partial charge in [0.05, 0.1) is 5.69 Å². The second kappa shape index (κ2) is 11.7. The molecule has 0 N–H and O–H groups in total. The van der Waals surface area contributed by atoms with Crippen LogP contribution in [0.1, 0.15) is 49.9 Å². The van der Waals surface area contributed by atoms with Gasteiger partial charge < -0.3 is 4.90 Å². The minimum Gasteiger partial charge on any atom is -0.310 e. The van der Waals surface area contributed by atoms with Crippen molar-refractivity contribution in [3.05, 3.63) is 198 Å². The van der Waals surface area contributed by atoms with E-state index in [0.29, 0.717) is 0 Å². The number of rotatable bonds is 5. The Morgan fingerprint density at radius 2 is 0.925 bits per heavy atom. The van der Waals surface area contributed by atoms with Crippen LogP contribution in [0.4, 0.5) is 17.1 Å².